The van der Waals surface area contributed by atoms with Crippen LogP contribution in [0.1, 0.15) is 29.5 Å². The van der Waals surface area contributed by atoms with Crippen molar-refractivity contribution >= 4 is 22.5 Å². The molecule has 0 unspecified atom stereocenters. The molecule has 1 aromatic heterocycles. The van der Waals surface area contributed by atoms with E-state index in [1.54, 1.807) is 18.3 Å². The zero-order valence-electron chi connectivity index (χ0n) is 16.9. The molecule has 2 heterocycles. The summed E-state index contributed by atoms with van der Waals surface area (Å²) in [5.41, 5.74) is 4.34. The van der Waals surface area contributed by atoms with Crippen molar-refractivity contribution in [3.05, 3.63) is 71.2 Å². The average Bonchev–Trinajstić information content (AvgIpc) is 2.77. The fraction of sp³-hybridized carbons (Fsp3) is 0.292. The van der Waals surface area contributed by atoms with Crippen molar-refractivity contribution in [3.63, 3.8) is 0 Å². The zero-order valence-corrected chi connectivity index (χ0v) is 16.9. The van der Waals surface area contributed by atoms with Crippen LogP contribution in [0.3, 0.4) is 0 Å². The van der Waals surface area contributed by atoms with E-state index in [2.05, 4.69) is 27.3 Å². The number of amides is 1. The number of pyridine rings is 1. The second-order valence-corrected chi connectivity index (χ2v) is 7.76. The summed E-state index contributed by atoms with van der Waals surface area (Å²) in [6.07, 6.45) is 3.07. The summed E-state index contributed by atoms with van der Waals surface area (Å²) in [4.78, 5) is 19.2. The number of anilines is 1. The number of halogens is 1. The average molecular weight is 402 g/mol. The van der Waals surface area contributed by atoms with Crippen LogP contribution in [0, 0.1) is 30.0 Å². The number of rotatable bonds is 4. The number of piperidine rings is 1. The molecule has 0 saturated carbocycles. The maximum Gasteiger partial charge on any atom is 0.223 e. The number of hydrogen-bond donors (Lipinski definition) is 1. The van der Waals surface area contributed by atoms with Gasteiger partial charge in [-0.3, -0.25) is 9.78 Å². The first-order valence-corrected chi connectivity index (χ1v) is 10.1. The number of aromatic nitrogens is 1. The first-order chi connectivity index (χ1) is 14.5. The van der Waals surface area contributed by atoms with Gasteiger partial charge in [0.05, 0.1) is 16.8 Å². The van der Waals surface area contributed by atoms with Gasteiger partial charge in [0.25, 0.3) is 0 Å². The van der Waals surface area contributed by atoms with E-state index in [0.29, 0.717) is 25.2 Å². The number of carbonyl (C=O) groups excluding carboxylic acids is 1. The van der Waals surface area contributed by atoms with Gasteiger partial charge in [-0.1, -0.05) is 23.8 Å². The van der Waals surface area contributed by atoms with E-state index in [-0.39, 0.29) is 17.6 Å². The van der Waals surface area contributed by atoms with Crippen LogP contribution in [0.2, 0.25) is 0 Å². The van der Waals surface area contributed by atoms with Crippen LogP contribution in [0.5, 0.6) is 0 Å². The van der Waals surface area contributed by atoms with Gasteiger partial charge in [-0.25, -0.2) is 4.39 Å². The Hall–Kier alpha value is -3.46. The fourth-order valence-corrected chi connectivity index (χ4v) is 4.02. The third-order valence-electron chi connectivity index (χ3n) is 5.68. The lowest BCUT2D eigenvalue weighted by Gasteiger charge is -2.34. The summed E-state index contributed by atoms with van der Waals surface area (Å²) < 4.78 is 13.0. The SMILES string of the molecule is Cc1ccc2ncc(C#N)c(N3CCC(C(=O)NCc4ccc(F)cc4)CC3)c2c1. The molecular formula is C24H23FN4O. The molecule has 0 aliphatic carbocycles. The van der Waals surface area contributed by atoms with Crippen molar-refractivity contribution in [2.75, 3.05) is 18.0 Å². The van der Waals surface area contributed by atoms with Gasteiger partial charge >= 0.3 is 0 Å². The lowest BCUT2D eigenvalue weighted by atomic mass is 9.94. The molecule has 1 fully saturated rings. The largest absolute Gasteiger partial charge is 0.370 e. The van der Waals surface area contributed by atoms with Crippen molar-refractivity contribution in [2.45, 2.75) is 26.3 Å². The van der Waals surface area contributed by atoms with Crippen LogP contribution >= 0.6 is 0 Å². The highest BCUT2D eigenvalue weighted by Crippen LogP contribution is 2.33. The normalized spacial score (nSPS) is 14.5. The van der Waals surface area contributed by atoms with Gasteiger partial charge in [-0.15, -0.1) is 0 Å². The summed E-state index contributed by atoms with van der Waals surface area (Å²) >= 11 is 0. The Morgan fingerprint density at radius 2 is 1.97 bits per heavy atom. The molecule has 152 valence electrons. The predicted molar refractivity (Wildman–Crippen MR) is 114 cm³/mol. The minimum absolute atomic E-state index is 0.0231. The van der Waals surface area contributed by atoms with Crippen LogP contribution in [0.4, 0.5) is 10.1 Å². The van der Waals surface area contributed by atoms with Gasteiger partial charge < -0.3 is 10.2 Å². The molecule has 0 bridgehead atoms. The predicted octanol–water partition coefficient (Wildman–Crippen LogP) is 4.09. The molecule has 0 radical (unpaired) electrons. The molecule has 1 aliphatic rings. The molecule has 2 aromatic carbocycles. The molecule has 1 N–H and O–H groups in total. The quantitative estimate of drug-likeness (QED) is 0.714. The van der Waals surface area contributed by atoms with Crippen LogP contribution in [0.25, 0.3) is 10.9 Å². The van der Waals surface area contributed by atoms with Gasteiger partial charge in [0.2, 0.25) is 5.91 Å². The van der Waals surface area contributed by atoms with E-state index < -0.39 is 0 Å². The first-order valence-electron chi connectivity index (χ1n) is 10.1. The molecule has 6 heteroatoms. The number of hydrogen-bond acceptors (Lipinski definition) is 4. The number of benzene rings is 2. The number of carbonyl (C=O) groups is 1. The molecule has 1 aliphatic heterocycles. The third-order valence-corrected chi connectivity index (χ3v) is 5.68. The smallest absolute Gasteiger partial charge is 0.223 e. The molecule has 5 nitrogen and oxygen atoms in total. The molecule has 3 aromatic rings. The summed E-state index contributed by atoms with van der Waals surface area (Å²) in [6.45, 7) is 3.83. The lowest BCUT2D eigenvalue weighted by molar-refractivity contribution is -0.125. The lowest BCUT2D eigenvalue weighted by Crippen LogP contribution is -2.40. The summed E-state index contributed by atoms with van der Waals surface area (Å²) in [6, 6.07) is 14.5. The highest BCUT2D eigenvalue weighted by atomic mass is 19.1. The second kappa shape index (κ2) is 8.50. The highest BCUT2D eigenvalue weighted by Gasteiger charge is 2.27. The van der Waals surface area contributed by atoms with Crippen molar-refractivity contribution in [1.29, 1.82) is 5.26 Å². The summed E-state index contributed by atoms with van der Waals surface area (Å²) in [7, 11) is 0. The Kier molecular flexibility index (Phi) is 5.62. The molecule has 4 rings (SSSR count). The summed E-state index contributed by atoms with van der Waals surface area (Å²) in [5.74, 6) is -0.329. The number of fused-ring (bicyclic) bond motifs is 1. The number of aryl methyl sites for hydroxylation is 1. The third kappa shape index (κ3) is 4.11. The minimum Gasteiger partial charge on any atom is -0.370 e. The number of nitriles is 1. The minimum atomic E-state index is -0.284. The molecule has 1 saturated heterocycles. The number of nitrogens with one attached hydrogen (secondary N) is 1. The monoisotopic (exact) mass is 402 g/mol. The molecule has 30 heavy (non-hydrogen) atoms. The molecule has 0 spiro atoms. The van der Waals surface area contributed by atoms with Crippen molar-refractivity contribution in [1.82, 2.24) is 10.3 Å². The standard InChI is InChI=1S/C24H23FN4O/c1-16-2-7-22-21(12-16)23(19(13-26)15-27-22)29-10-8-18(9-11-29)24(30)28-14-17-3-5-20(25)6-4-17/h2-7,12,15,18H,8-11,14H2,1H3,(H,28,30). The maximum atomic E-state index is 13.0. The molecule has 0 atom stereocenters. The van der Waals surface area contributed by atoms with Gasteiger partial charge in [0.15, 0.2) is 0 Å². The van der Waals surface area contributed by atoms with Crippen molar-refractivity contribution < 1.29 is 9.18 Å². The summed E-state index contributed by atoms with van der Waals surface area (Å²) in [5, 5.41) is 13.5. The Bertz CT molecular complexity index is 1110. The van der Waals surface area contributed by atoms with Crippen LogP contribution in [-0.2, 0) is 11.3 Å². The zero-order chi connectivity index (χ0) is 21.1. The van der Waals surface area contributed by atoms with E-state index in [9.17, 15) is 14.4 Å². The van der Waals surface area contributed by atoms with Crippen molar-refractivity contribution in [3.8, 4) is 6.07 Å². The maximum absolute atomic E-state index is 13.0. The second-order valence-electron chi connectivity index (χ2n) is 7.76. The Balaban J connectivity index is 1.44. The Labute approximate surface area is 175 Å². The van der Waals surface area contributed by atoms with Gasteiger partial charge in [-0.05, 0) is 49.6 Å². The van der Waals surface area contributed by atoms with Crippen LogP contribution < -0.4 is 10.2 Å². The van der Waals surface area contributed by atoms with E-state index in [1.807, 2.05) is 19.1 Å². The van der Waals surface area contributed by atoms with E-state index in [4.69, 9.17) is 0 Å². The number of nitrogens with zero attached hydrogens (tertiary/aromatic N) is 3. The van der Waals surface area contributed by atoms with Gasteiger partial charge in [0.1, 0.15) is 11.9 Å². The molecule has 1 amide bonds. The topological polar surface area (TPSA) is 69.0 Å². The molecular weight excluding hydrogens is 379 g/mol. The first kappa shape index (κ1) is 19.8. The van der Waals surface area contributed by atoms with E-state index >= 15 is 0 Å². The fourth-order valence-electron chi connectivity index (χ4n) is 4.02. The van der Waals surface area contributed by atoms with Crippen LogP contribution in [-0.4, -0.2) is 24.0 Å². The van der Waals surface area contributed by atoms with E-state index in [0.717, 1.165) is 40.6 Å². The highest BCUT2D eigenvalue weighted by molar-refractivity contribution is 5.95. The van der Waals surface area contributed by atoms with Gasteiger partial charge in [0, 0.05) is 37.1 Å². The van der Waals surface area contributed by atoms with Gasteiger partial charge in [-0.2, -0.15) is 5.26 Å². The Morgan fingerprint density at radius 1 is 1.23 bits per heavy atom. The van der Waals surface area contributed by atoms with Crippen LogP contribution in [0.15, 0.2) is 48.7 Å². The van der Waals surface area contributed by atoms with E-state index in [1.165, 1.54) is 12.1 Å². The van der Waals surface area contributed by atoms with Crippen molar-refractivity contribution in [2.24, 2.45) is 5.92 Å². The Morgan fingerprint density at radius 3 is 2.67 bits per heavy atom.